The van der Waals surface area contributed by atoms with Gasteiger partial charge in [0.2, 0.25) is 0 Å². The molecule has 0 aliphatic carbocycles. The molecule has 0 heterocycles. The van der Waals surface area contributed by atoms with Gasteiger partial charge in [-0.15, -0.1) is 0 Å². The minimum Gasteiger partial charge on any atom is -0.313 e. The first-order chi connectivity index (χ1) is 9.49. The lowest BCUT2D eigenvalue weighted by Crippen LogP contribution is -2.31. The molecule has 0 aromatic heterocycles. The Morgan fingerprint density at radius 2 is 1.95 bits per heavy atom. The van der Waals surface area contributed by atoms with Gasteiger partial charge in [-0.2, -0.15) is 0 Å². The van der Waals surface area contributed by atoms with Crippen LogP contribution in [-0.2, 0) is 0 Å². The van der Waals surface area contributed by atoms with Crippen molar-refractivity contribution < 1.29 is 8.78 Å². The van der Waals surface area contributed by atoms with Gasteiger partial charge in [-0.1, -0.05) is 32.9 Å². The molecular weight excluding hydrogens is 258 g/mol. The summed E-state index contributed by atoms with van der Waals surface area (Å²) in [6.07, 6.45) is 0.761. The van der Waals surface area contributed by atoms with Gasteiger partial charge in [-0.25, -0.2) is 8.78 Å². The monoisotopic (exact) mass is 284 g/mol. The van der Waals surface area contributed by atoms with Crippen LogP contribution in [0.15, 0.2) is 18.2 Å². The van der Waals surface area contributed by atoms with Crippen molar-refractivity contribution in [3.05, 3.63) is 35.4 Å². The van der Waals surface area contributed by atoms with Gasteiger partial charge in [0.25, 0.3) is 0 Å². The fourth-order valence-corrected chi connectivity index (χ4v) is 2.45. The molecule has 1 unspecified atom stereocenters. The van der Waals surface area contributed by atoms with Gasteiger partial charge in [0, 0.05) is 18.2 Å². The second kappa shape index (κ2) is 8.32. The largest absolute Gasteiger partial charge is 0.313 e. The number of hydrogen-bond donors (Lipinski definition) is 1. The summed E-state index contributed by atoms with van der Waals surface area (Å²) in [6.45, 7) is 9.36. The molecule has 2 nitrogen and oxygen atoms in total. The van der Waals surface area contributed by atoms with Crippen molar-refractivity contribution in [1.82, 2.24) is 10.2 Å². The molecule has 1 N–H and O–H groups in total. The van der Waals surface area contributed by atoms with E-state index in [4.69, 9.17) is 0 Å². The van der Waals surface area contributed by atoms with Gasteiger partial charge in [-0.3, -0.25) is 0 Å². The Kier molecular flexibility index (Phi) is 7.10. The molecule has 1 atom stereocenters. The molecule has 1 aromatic rings. The highest BCUT2D eigenvalue weighted by Crippen LogP contribution is 2.22. The minimum absolute atomic E-state index is 0.160. The van der Waals surface area contributed by atoms with E-state index in [2.05, 4.69) is 31.0 Å². The number of benzene rings is 1. The zero-order chi connectivity index (χ0) is 15.1. The molecule has 0 fully saturated rings. The van der Waals surface area contributed by atoms with Crippen molar-refractivity contribution in [2.75, 3.05) is 26.7 Å². The number of rotatable bonds is 8. The molecule has 0 aliphatic heterocycles. The third-order valence-corrected chi connectivity index (χ3v) is 3.51. The number of hydrogen-bond acceptors (Lipinski definition) is 2. The number of nitrogens with one attached hydrogen (secondary N) is 1. The Labute approximate surface area is 121 Å². The molecule has 0 saturated carbocycles. The second-order valence-electron chi connectivity index (χ2n) is 5.56. The SMILES string of the molecule is CCN(CCC(NC)c1cccc(F)c1F)CC(C)C. The Balaban J connectivity index is 2.69. The van der Waals surface area contributed by atoms with Gasteiger partial charge >= 0.3 is 0 Å². The summed E-state index contributed by atoms with van der Waals surface area (Å²) >= 11 is 0. The molecule has 0 saturated heterocycles. The van der Waals surface area contributed by atoms with Crippen molar-refractivity contribution in [2.24, 2.45) is 5.92 Å². The Morgan fingerprint density at radius 3 is 2.50 bits per heavy atom. The van der Waals surface area contributed by atoms with Crippen LogP contribution in [-0.4, -0.2) is 31.6 Å². The zero-order valence-electron chi connectivity index (χ0n) is 12.9. The van der Waals surface area contributed by atoms with Crippen molar-refractivity contribution >= 4 is 0 Å². The molecule has 1 aromatic carbocycles. The van der Waals surface area contributed by atoms with Crippen molar-refractivity contribution in [3.8, 4) is 0 Å². The average molecular weight is 284 g/mol. The van der Waals surface area contributed by atoms with E-state index in [0.717, 1.165) is 32.1 Å². The summed E-state index contributed by atoms with van der Waals surface area (Å²) in [5.41, 5.74) is 0.410. The molecule has 0 bridgehead atoms. The first-order valence-corrected chi connectivity index (χ1v) is 7.33. The molecule has 0 amide bonds. The van der Waals surface area contributed by atoms with E-state index in [-0.39, 0.29) is 6.04 Å². The van der Waals surface area contributed by atoms with E-state index in [9.17, 15) is 8.78 Å². The summed E-state index contributed by atoms with van der Waals surface area (Å²) in [6, 6.07) is 4.21. The molecule has 114 valence electrons. The zero-order valence-corrected chi connectivity index (χ0v) is 12.9. The predicted octanol–water partition coefficient (Wildman–Crippen LogP) is 3.59. The Bertz CT molecular complexity index is 407. The lowest BCUT2D eigenvalue weighted by Gasteiger charge is -2.25. The maximum atomic E-state index is 13.8. The smallest absolute Gasteiger partial charge is 0.163 e. The molecule has 0 aliphatic rings. The van der Waals surface area contributed by atoms with E-state index in [0.29, 0.717) is 11.5 Å². The summed E-state index contributed by atoms with van der Waals surface area (Å²) in [7, 11) is 1.79. The Hall–Kier alpha value is -1.00. The number of nitrogens with zero attached hydrogens (tertiary/aromatic N) is 1. The summed E-state index contributed by atoms with van der Waals surface area (Å²) in [4.78, 5) is 2.34. The van der Waals surface area contributed by atoms with Crippen LogP contribution >= 0.6 is 0 Å². The topological polar surface area (TPSA) is 15.3 Å². The number of halogens is 2. The molecule has 20 heavy (non-hydrogen) atoms. The van der Waals surface area contributed by atoms with E-state index >= 15 is 0 Å². The van der Waals surface area contributed by atoms with Crippen molar-refractivity contribution in [2.45, 2.75) is 33.2 Å². The normalized spacial score (nSPS) is 13.2. The lowest BCUT2D eigenvalue weighted by molar-refractivity contribution is 0.242. The fourth-order valence-electron chi connectivity index (χ4n) is 2.45. The van der Waals surface area contributed by atoms with Gasteiger partial charge in [0.15, 0.2) is 11.6 Å². The van der Waals surface area contributed by atoms with E-state index < -0.39 is 11.6 Å². The molecule has 1 rings (SSSR count). The van der Waals surface area contributed by atoms with Crippen LogP contribution in [0, 0.1) is 17.6 Å². The van der Waals surface area contributed by atoms with Crippen molar-refractivity contribution in [1.29, 1.82) is 0 Å². The quantitative estimate of drug-likeness (QED) is 0.785. The van der Waals surface area contributed by atoms with Crippen LogP contribution in [0.4, 0.5) is 8.78 Å². The second-order valence-corrected chi connectivity index (χ2v) is 5.56. The third-order valence-electron chi connectivity index (χ3n) is 3.51. The summed E-state index contributed by atoms with van der Waals surface area (Å²) < 4.78 is 27.1. The lowest BCUT2D eigenvalue weighted by atomic mass is 10.0. The highest BCUT2D eigenvalue weighted by molar-refractivity contribution is 5.22. The van der Waals surface area contributed by atoms with Crippen LogP contribution in [0.3, 0.4) is 0 Å². The Morgan fingerprint density at radius 1 is 1.25 bits per heavy atom. The van der Waals surface area contributed by atoms with Crippen LogP contribution in [0.5, 0.6) is 0 Å². The van der Waals surface area contributed by atoms with Gasteiger partial charge in [0.05, 0.1) is 0 Å². The molecule has 0 radical (unpaired) electrons. The first kappa shape index (κ1) is 17.1. The maximum absolute atomic E-state index is 13.8. The summed E-state index contributed by atoms with van der Waals surface area (Å²) in [5.74, 6) is -0.912. The van der Waals surface area contributed by atoms with Gasteiger partial charge in [0.1, 0.15) is 0 Å². The molecule has 0 spiro atoms. The van der Waals surface area contributed by atoms with Crippen molar-refractivity contribution in [3.63, 3.8) is 0 Å². The van der Waals surface area contributed by atoms with E-state index in [1.165, 1.54) is 0 Å². The van der Waals surface area contributed by atoms with Crippen LogP contribution < -0.4 is 5.32 Å². The molecular formula is C16H26F2N2. The highest BCUT2D eigenvalue weighted by atomic mass is 19.2. The van der Waals surface area contributed by atoms with E-state index in [1.54, 1.807) is 19.2 Å². The maximum Gasteiger partial charge on any atom is 0.163 e. The summed E-state index contributed by atoms with van der Waals surface area (Å²) in [5, 5.41) is 3.09. The minimum atomic E-state index is -0.780. The standard InChI is InChI=1S/C16H26F2N2/c1-5-20(11-12(2)3)10-9-15(19-4)13-7-6-8-14(17)16(13)18/h6-8,12,15,19H,5,9-11H2,1-4H3. The van der Waals surface area contributed by atoms with Crippen LogP contribution in [0.25, 0.3) is 0 Å². The average Bonchev–Trinajstić information content (AvgIpc) is 2.41. The first-order valence-electron chi connectivity index (χ1n) is 7.33. The molecule has 4 heteroatoms. The third kappa shape index (κ3) is 4.84. The highest BCUT2D eigenvalue weighted by Gasteiger charge is 2.17. The van der Waals surface area contributed by atoms with Gasteiger partial charge in [-0.05, 0) is 38.5 Å². The predicted molar refractivity (Wildman–Crippen MR) is 79.7 cm³/mol. The van der Waals surface area contributed by atoms with E-state index in [1.807, 2.05) is 0 Å². The fraction of sp³-hybridized carbons (Fsp3) is 0.625. The van der Waals surface area contributed by atoms with Gasteiger partial charge < -0.3 is 10.2 Å². The van der Waals surface area contributed by atoms with Crippen LogP contribution in [0.1, 0.15) is 38.8 Å². The van der Waals surface area contributed by atoms with Crippen LogP contribution in [0.2, 0.25) is 0 Å².